The van der Waals surface area contributed by atoms with Crippen LogP contribution in [0.3, 0.4) is 0 Å². The number of anilines is 2. The number of hydrazine groups is 1. The molecule has 0 spiro atoms. The maximum atomic E-state index is 15.4. The lowest BCUT2D eigenvalue weighted by Crippen LogP contribution is -2.51. The van der Waals surface area contributed by atoms with E-state index in [2.05, 4.69) is 20.3 Å². The number of piperidine rings is 1. The number of aromatic nitrogens is 3. The molecule has 2 aliphatic heterocycles. The molecule has 3 unspecified atom stereocenters. The summed E-state index contributed by atoms with van der Waals surface area (Å²) in [5.74, 6) is -0.233. The molecule has 2 saturated heterocycles. The molecule has 2 amide bonds. The molecule has 0 bridgehead atoms. The van der Waals surface area contributed by atoms with Gasteiger partial charge in [0, 0.05) is 42.2 Å². The Bertz CT molecular complexity index is 1960. The first-order valence-corrected chi connectivity index (χ1v) is 16.8. The van der Waals surface area contributed by atoms with Gasteiger partial charge >= 0.3 is 12.2 Å². The maximum Gasteiger partial charge on any atom is 0.429 e. The summed E-state index contributed by atoms with van der Waals surface area (Å²) in [4.78, 5) is 39.7. The van der Waals surface area contributed by atoms with E-state index in [1.807, 2.05) is 0 Å². The van der Waals surface area contributed by atoms with Gasteiger partial charge < -0.3 is 24.4 Å². The summed E-state index contributed by atoms with van der Waals surface area (Å²) in [6.45, 7) is 7.03. The van der Waals surface area contributed by atoms with Crippen molar-refractivity contribution >= 4 is 45.9 Å². The van der Waals surface area contributed by atoms with Crippen molar-refractivity contribution in [3.63, 3.8) is 0 Å². The number of benzene rings is 2. The lowest BCUT2D eigenvalue weighted by molar-refractivity contribution is 0.0124. The van der Waals surface area contributed by atoms with Crippen molar-refractivity contribution in [1.82, 2.24) is 24.9 Å². The van der Waals surface area contributed by atoms with Crippen LogP contribution in [0.2, 0.25) is 0 Å². The highest BCUT2D eigenvalue weighted by Gasteiger charge is 2.36. The van der Waals surface area contributed by atoms with Crippen LogP contribution in [0.5, 0.6) is 11.6 Å². The van der Waals surface area contributed by atoms with Gasteiger partial charge in [-0.25, -0.2) is 42.5 Å². The average molecular weight is 712 g/mol. The Hall–Kier alpha value is -5.16. The van der Waals surface area contributed by atoms with Gasteiger partial charge in [-0.15, -0.1) is 0 Å². The predicted octanol–water partition coefficient (Wildman–Crippen LogP) is 6.00. The van der Waals surface area contributed by atoms with Crippen LogP contribution in [0.25, 0.3) is 22.0 Å². The molecule has 0 aliphatic carbocycles. The van der Waals surface area contributed by atoms with Crippen molar-refractivity contribution in [3.8, 4) is 22.9 Å². The minimum Gasteiger partial charge on any atom is -0.446 e. The number of amides is 2. The molecule has 264 valence electrons. The number of fused-ring (bicyclic) bond motifs is 1. The van der Waals surface area contributed by atoms with Crippen LogP contribution < -0.4 is 14.5 Å². The largest absolute Gasteiger partial charge is 0.446 e. The summed E-state index contributed by atoms with van der Waals surface area (Å²) < 4.78 is 70.2. The number of halogens is 2. The number of hydrogen-bond donors (Lipinski definition) is 2. The second kappa shape index (κ2) is 14.0. The minimum absolute atomic E-state index is 0.0311. The Labute approximate surface area is 288 Å². The van der Waals surface area contributed by atoms with Crippen LogP contribution >= 0.6 is 0 Å². The number of nitrogens with zero attached hydrogens (tertiary/aromatic N) is 6. The van der Waals surface area contributed by atoms with Crippen molar-refractivity contribution in [2.75, 3.05) is 36.0 Å². The number of carbonyl (C=O) groups excluding carboxylic acids is 2. The highest BCUT2D eigenvalue weighted by Crippen LogP contribution is 2.41. The van der Waals surface area contributed by atoms with Gasteiger partial charge in [-0.3, -0.25) is 4.55 Å². The number of pyridine rings is 1. The fourth-order valence-electron chi connectivity index (χ4n) is 5.75. The van der Waals surface area contributed by atoms with Crippen molar-refractivity contribution in [2.45, 2.75) is 51.9 Å². The average Bonchev–Trinajstić information content (AvgIpc) is 3.47. The van der Waals surface area contributed by atoms with E-state index < -0.39 is 47.1 Å². The first-order valence-electron chi connectivity index (χ1n) is 15.7. The summed E-state index contributed by atoms with van der Waals surface area (Å²) in [5, 5.41) is 4.56. The highest BCUT2D eigenvalue weighted by molar-refractivity contribution is 7.80. The Morgan fingerprint density at radius 3 is 2.62 bits per heavy atom. The number of likely N-dealkylation sites (tertiary alicyclic amines) is 1. The lowest BCUT2D eigenvalue weighted by atomic mass is 10.0. The number of nitrogens with one attached hydrogen (secondary N) is 1. The molecule has 2 fully saturated rings. The molecule has 0 radical (unpaired) electrons. The quantitative estimate of drug-likeness (QED) is 0.206. The molecule has 2 aromatic carbocycles. The first-order chi connectivity index (χ1) is 23.8. The van der Waals surface area contributed by atoms with Gasteiger partial charge in [0.1, 0.15) is 35.6 Å². The molecule has 50 heavy (non-hydrogen) atoms. The van der Waals surface area contributed by atoms with Crippen molar-refractivity contribution in [2.24, 2.45) is 0 Å². The number of carbonyl (C=O) groups is 2. The van der Waals surface area contributed by atoms with E-state index in [4.69, 9.17) is 14.2 Å². The van der Waals surface area contributed by atoms with E-state index in [-0.39, 0.29) is 61.3 Å². The number of alkyl halides is 1. The molecular formula is C33H35F2N7O7S. The van der Waals surface area contributed by atoms with Crippen molar-refractivity contribution < 1.29 is 41.3 Å². The Morgan fingerprint density at radius 2 is 1.90 bits per heavy atom. The number of hydrogen-bond acceptors (Lipinski definition) is 10. The smallest absolute Gasteiger partial charge is 0.429 e. The maximum absolute atomic E-state index is 15.4. The van der Waals surface area contributed by atoms with E-state index >= 15 is 4.39 Å². The molecule has 2 aromatic heterocycles. The SMILES string of the molecule is Cc1ccc2c(N(N3CCOC3=O)S(=O)O)c(F)ccc2c1Oc1ncccc1-c1ccnc(NC2CC(F)CN(C(=O)OC(C)(C)C)C2)n1. The third-order valence-electron chi connectivity index (χ3n) is 7.85. The summed E-state index contributed by atoms with van der Waals surface area (Å²) in [6.07, 6.45) is 0.410. The zero-order valence-electron chi connectivity index (χ0n) is 27.6. The highest BCUT2D eigenvalue weighted by atomic mass is 32.2. The van der Waals surface area contributed by atoms with Crippen LogP contribution in [0, 0.1) is 12.7 Å². The summed E-state index contributed by atoms with van der Waals surface area (Å²) in [6, 6.07) is 10.4. The Morgan fingerprint density at radius 1 is 1.12 bits per heavy atom. The van der Waals surface area contributed by atoms with E-state index in [1.54, 1.807) is 58.0 Å². The monoisotopic (exact) mass is 711 g/mol. The van der Waals surface area contributed by atoms with Crippen molar-refractivity contribution in [1.29, 1.82) is 0 Å². The van der Waals surface area contributed by atoms with Gasteiger partial charge in [-0.2, -0.15) is 4.41 Å². The van der Waals surface area contributed by atoms with E-state index in [9.17, 15) is 22.7 Å². The second-order valence-corrected chi connectivity index (χ2v) is 13.5. The van der Waals surface area contributed by atoms with E-state index in [0.717, 1.165) is 11.1 Å². The first kappa shape index (κ1) is 34.7. The summed E-state index contributed by atoms with van der Waals surface area (Å²) in [7, 11) is 0. The molecule has 0 saturated carbocycles. The van der Waals surface area contributed by atoms with Crippen LogP contribution in [-0.4, -0.2) is 89.9 Å². The van der Waals surface area contributed by atoms with Crippen LogP contribution in [0.15, 0.2) is 54.9 Å². The minimum atomic E-state index is -2.83. The third kappa shape index (κ3) is 7.38. The summed E-state index contributed by atoms with van der Waals surface area (Å²) in [5.41, 5.74) is 0.486. The topological polar surface area (TPSA) is 160 Å². The van der Waals surface area contributed by atoms with E-state index in [0.29, 0.717) is 26.6 Å². The van der Waals surface area contributed by atoms with Gasteiger partial charge in [0.15, 0.2) is 0 Å². The summed E-state index contributed by atoms with van der Waals surface area (Å²) >= 11 is -2.83. The fourth-order valence-corrected chi connectivity index (χ4v) is 6.41. The number of cyclic esters (lactones) is 1. The molecule has 14 nitrogen and oxygen atoms in total. The second-order valence-electron chi connectivity index (χ2n) is 12.7. The van der Waals surface area contributed by atoms with Gasteiger partial charge in [-0.05, 0) is 63.6 Å². The van der Waals surface area contributed by atoms with Crippen molar-refractivity contribution in [3.05, 3.63) is 66.2 Å². The predicted molar refractivity (Wildman–Crippen MR) is 180 cm³/mol. The molecule has 6 rings (SSSR count). The fraction of sp³-hybridized carbons (Fsp3) is 0.364. The number of ether oxygens (including phenoxy) is 3. The molecule has 2 N–H and O–H groups in total. The van der Waals surface area contributed by atoms with Crippen LogP contribution in [0.1, 0.15) is 32.8 Å². The normalized spacial score (nSPS) is 18.5. The van der Waals surface area contributed by atoms with E-state index in [1.165, 1.54) is 23.4 Å². The van der Waals surface area contributed by atoms with Gasteiger partial charge in [0.2, 0.25) is 11.8 Å². The van der Waals surface area contributed by atoms with Crippen LogP contribution in [0.4, 0.5) is 30.0 Å². The van der Waals surface area contributed by atoms with Gasteiger partial charge in [0.25, 0.3) is 11.3 Å². The molecule has 4 aromatic rings. The van der Waals surface area contributed by atoms with Crippen LogP contribution in [-0.2, 0) is 20.7 Å². The lowest BCUT2D eigenvalue weighted by Gasteiger charge is -2.36. The zero-order valence-corrected chi connectivity index (χ0v) is 28.4. The van der Waals surface area contributed by atoms with Gasteiger partial charge in [0.05, 0.1) is 24.3 Å². The molecular weight excluding hydrogens is 676 g/mol. The Kier molecular flexibility index (Phi) is 9.71. The standard InChI is InChI=1S/C33H35F2N7O7S/c1-19-7-8-22-23(9-10-25(35)27(22)42(50(45)46)41-14-15-47-32(41)44)28(19)48-29-24(6-5-12-36-29)26-11-13-37-30(39-26)38-21-16-20(34)17-40(18-21)31(43)49-33(2,3)4/h5-13,20-21H,14-18H2,1-4H3,(H,45,46)(H,37,38,39). The zero-order chi connectivity index (χ0) is 35.7. The molecule has 2 aliphatic rings. The third-order valence-corrected chi connectivity index (χ3v) is 8.53. The molecule has 17 heteroatoms. The molecule has 3 atom stereocenters. The van der Waals surface area contributed by atoms with Gasteiger partial charge in [-0.1, -0.05) is 12.1 Å². The number of aryl methyl sites for hydroxylation is 1. The molecule has 4 heterocycles. The number of rotatable bonds is 8. The Balaban J connectivity index is 1.30.